The molecular weight excluding hydrogens is 860 g/mol. The summed E-state index contributed by atoms with van der Waals surface area (Å²) in [5.41, 5.74) is 12.9. The lowest BCUT2D eigenvalue weighted by Gasteiger charge is -2.21. The van der Waals surface area contributed by atoms with Crippen LogP contribution in [-0.4, -0.2) is 64.6 Å². The largest absolute Gasteiger partial charge is 0.465 e. The van der Waals surface area contributed by atoms with Gasteiger partial charge in [0.15, 0.2) is 0 Å². The molecule has 0 aliphatic carbocycles. The molecule has 2 amide bonds. The van der Waals surface area contributed by atoms with Crippen LogP contribution in [0.15, 0.2) is 139 Å². The Morgan fingerprint density at radius 2 is 1.35 bits per heavy atom. The molecule has 13 nitrogen and oxygen atoms in total. The minimum atomic E-state index is -0.937. The molecule has 63 heavy (non-hydrogen) atoms. The smallest absolute Gasteiger partial charge is 0.407 e. The summed E-state index contributed by atoms with van der Waals surface area (Å²) in [6.07, 6.45) is 7.83. The van der Waals surface area contributed by atoms with Crippen molar-refractivity contribution in [3.8, 4) is 22.5 Å². The fraction of sp³-hybridized carbons (Fsp3) is 0.224. The van der Waals surface area contributed by atoms with Crippen molar-refractivity contribution in [1.82, 2.24) is 39.4 Å². The number of aromatic nitrogens is 6. The number of hydrogen-bond donors (Lipinski definition) is 2. The zero-order valence-corrected chi connectivity index (χ0v) is 36.6. The lowest BCUT2D eigenvalue weighted by Crippen LogP contribution is -2.28. The van der Waals surface area contributed by atoms with Crippen LogP contribution in [0.3, 0.4) is 0 Å². The molecule has 1 saturated heterocycles. The van der Waals surface area contributed by atoms with Crippen LogP contribution >= 0.6 is 15.9 Å². The zero-order valence-electron chi connectivity index (χ0n) is 35.0. The summed E-state index contributed by atoms with van der Waals surface area (Å²) in [4.78, 5) is 34.3. The van der Waals surface area contributed by atoms with E-state index in [1.54, 1.807) is 10.8 Å². The Morgan fingerprint density at radius 1 is 0.762 bits per heavy atom. The van der Waals surface area contributed by atoms with E-state index in [1.165, 1.54) is 16.8 Å². The third-order valence-electron chi connectivity index (χ3n) is 11.2. The van der Waals surface area contributed by atoms with Gasteiger partial charge in [0.05, 0.1) is 22.4 Å². The number of rotatable bonds is 11. The second kappa shape index (κ2) is 19.9. The summed E-state index contributed by atoms with van der Waals surface area (Å²) in [5.74, 6) is 0.500. The number of nitrogens with one attached hydrogen (secondary N) is 1. The molecular formula is C49H47BrN8O5. The number of alkyl carbamates (subject to hydrolysis) is 1. The van der Waals surface area contributed by atoms with Crippen LogP contribution in [0, 0.1) is 13.8 Å². The number of benzene rings is 4. The predicted molar refractivity (Wildman–Crippen MR) is 244 cm³/mol. The quantitative estimate of drug-likeness (QED) is 0.129. The summed E-state index contributed by atoms with van der Waals surface area (Å²) in [5, 5.41) is 21.1. The number of halogens is 1. The Morgan fingerprint density at radius 3 is 1.97 bits per heavy atom. The van der Waals surface area contributed by atoms with Gasteiger partial charge in [0.25, 0.3) is 0 Å². The number of carbonyl (C=O) groups excluding carboxylic acids is 1. The van der Waals surface area contributed by atoms with Crippen molar-refractivity contribution in [2.75, 3.05) is 13.2 Å². The van der Waals surface area contributed by atoms with Gasteiger partial charge < -0.3 is 19.9 Å². The predicted octanol–water partition coefficient (Wildman–Crippen LogP) is 10.2. The molecule has 320 valence electrons. The molecule has 1 aliphatic heterocycles. The number of carboxylic acid groups (broad SMARTS) is 1. The Bertz CT molecular complexity index is 2840. The van der Waals surface area contributed by atoms with E-state index in [9.17, 15) is 14.7 Å². The summed E-state index contributed by atoms with van der Waals surface area (Å²) in [6.45, 7) is 6.98. The molecule has 2 N–H and O–H groups in total. The van der Waals surface area contributed by atoms with Crippen molar-refractivity contribution in [3.05, 3.63) is 178 Å². The Kier molecular flexibility index (Phi) is 13.5. The van der Waals surface area contributed by atoms with Gasteiger partial charge in [-0.05, 0) is 112 Å². The molecule has 0 unspecified atom stereocenters. The van der Waals surface area contributed by atoms with Gasteiger partial charge in [-0.25, -0.2) is 28.6 Å². The van der Waals surface area contributed by atoms with Gasteiger partial charge in [-0.3, -0.25) is 4.90 Å². The van der Waals surface area contributed by atoms with Gasteiger partial charge in [0.1, 0.15) is 19.3 Å². The van der Waals surface area contributed by atoms with Crippen LogP contribution in [0.4, 0.5) is 9.59 Å². The van der Waals surface area contributed by atoms with E-state index in [1.807, 2.05) is 122 Å². The molecule has 5 heterocycles. The topological polar surface area (TPSA) is 148 Å². The summed E-state index contributed by atoms with van der Waals surface area (Å²) < 4.78 is 15.5. The number of fused-ring (bicyclic) bond motifs is 2. The molecule has 8 aromatic rings. The van der Waals surface area contributed by atoms with Gasteiger partial charge in [-0.15, -0.1) is 0 Å². The molecule has 0 atom stereocenters. The van der Waals surface area contributed by atoms with Gasteiger partial charge in [0, 0.05) is 60.8 Å². The first-order chi connectivity index (χ1) is 30.7. The third kappa shape index (κ3) is 10.6. The van der Waals surface area contributed by atoms with E-state index in [0.717, 1.165) is 97.5 Å². The summed E-state index contributed by atoms with van der Waals surface area (Å²) >= 11 is 3.48. The van der Waals surface area contributed by atoms with Gasteiger partial charge >= 0.3 is 12.2 Å². The third-order valence-corrected chi connectivity index (χ3v) is 11.6. The molecule has 1 aliphatic rings. The molecule has 0 bridgehead atoms. The minimum Gasteiger partial charge on any atom is -0.465 e. The Balaban J connectivity index is 0.000000175. The number of ether oxygens (including phenoxy) is 2. The highest BCUT2D eigenvalue weighted by atomic mass is 79.9. The van der Waals surface area contributed by atoms with Gasteiger partial charge in [-0.1, -0.05) is 84.9 Å². The van der Waals surface area contributed by atoms with E-state index in [4.69, 9.17) is 9.47 Å². The Labute approximate surface area is 373 Å². The molecule has 4 aromatic carbocycles. The number of amides is 2. The summed E-state index contributed by atoms with van der Waals surface area (Å²) in [7, 11) is 0. The highest BCUT2D eigenvalue weighted by Crippen LogP contribution is 2.32. The van der Waals surface area contributed by atoms with E-state index in [2.05, 4.69) is 59.7 Å². The fourth-order valence-electron chi connectivity index (χ4n) is 7.75. The van der Waals surface area contributed by atoms with Gasteiger partial charge in [-0.2, -0.15) is 10.2 Å². The second-order valence-electron chi connectivity index (χ2n) is 15.5. The molecule has 9 rings (SSSR count). The van der Waals surface area contributed by atoms with Crippen molar-refractivity contribution in [3.63, 3.8) is 0 Å². The minimum absolute atomic E-state index is 0.251. The van der Waals surface area contributed by atoms with Crippen molar-refractivity contribution < 1.29 is 24.2 Å². The Hall–Kier alpha value is -6.90. The van der Waals surface area contributed by atoms with Crippen LogP contribution in [0.1, 0.15) is 57.7 Å². The maximum atomic E-state index is 12.1. The SMILES string of the molecule is Cc1cc(-c2ncnn3cc(Br)cc23)ccc1CN(Cc1ccccc1)C(=O)O.Cc1cc(-c2ncnn3cc(C4CCOCC4)cc23)ccc1CNC(=O)OCc1ccccc1. The van der Waals surface area contributed by atoms with Crippen LogP contribution in [0.25, 0.3) is 33.5 Å². The maximum absolute atomic E-state index is 12.1. The van der Waals surface area contributed by atoms with Gasteiger partial charge in [0.2, 0.25) is 0 Å². The van der Waals surface area contributed by atoms with Crippen LogP contribution in [-0.2, 0) is 35.7 Å². The zero-order chi connectivity index (χ0) is 43.7. The van der Waals surface area contributed by atoms with Crippen molar-refractivity contribution in [2.45, 2.75) is 58.8 Å². The first kappa shape index (κ1) is 42.8. The standard InChI is InChI=1S/C27H28N4O3.C22H19BrN4O2/c1-19-13-22(7-8-23(19)15-28-27(32)34-17-20-5-3-2-4-6-20)26-25-14-24(16-31(25)30-18-29-26)21-9-11-33-12-10-21;1-15-9-17(21-20-10-19(23)13-27(20)25-14-24-21)7-8-18(15)12-26(22(28)29)11-16-5-3-2-4-6-16/h2-8,13-14,16,18,21H,9-12,15,17H2,1H3,(H,28,32);2-10,13-14H,11-12H2,1H3,(H,28,29). The molecule has 4 aromatic heterocycles. The average molecular weight is 908 g/mol. The van der Waals surface area contributed by atoms with E-state index in [0.29, 0.717) is 25.6 Å². The normalized spacial score (nSPS) is 12.7. The molecule has 0 spiro atoms. The first-order valence-electron chi connectivity index (χ1n) is 20.7. The van der Waals surface area contributed by atoms with Crippen molar-refractivity contribution in [1.29, 1.82) is 0 Å². The average Bonchev–Trinajstić information content (AvgIpc) is 3.93. The first-order valence-corrected chi connectivity index (χ1v) is 21.5. The van der Waals surface area contributed by atoms with Crippen LogP contribution < -0.4 is 5.32 Å². The molecule has 14 heteroatoms. The molecule has 0 saturated carbocycles. The summed E-state index contributed by atoms with van der Waals surface area (Å²) in [6, 6.07) is 35.6. The van der Waals surface area contributed by atoms with Crippen LogP contribution in [0.2, 0.25) is 0 Å². The van der Waals surface area contributed by atoms with Crippen LogP contribution in [0.5, 0.6) is 0 Å². The second-order valence-corrected chi connectivity index (χ2v) is 16.4. The fourth-order valence-corrected chi connectivity index (χ4v) is 8.16. The van der Waals surface area contributed by atoms with Crippen molar-refractivity contribution >= 4 is 39.1 Å². The monoisotopic (exact) mass is 906 g/mol. The number of aryl methyl sites for hydroxylation is 2. The highest BCUT2D eigenvalue weighted by molar-refractivity contribution is 9.10. The lowest BCUT2D eigenvalue weighted by molar-refractivity contribution is 0.0853. The van der Waals surface area contributed by atoms with E-state index in [-0.39, 0.29) is 6.61 Å². The highest BCUT2D eigenvalue weighted by Gasteiger charge is 2.20. The number of carbonyl (C=O) groups is 2. The van der Waals surface area contributed by atoms with E-state index >= 15 is 0 Å². The maximum Gasteiger partial charge on any atom is 0.407 e. The lowest BCUT2D eigenvalue weighted by atomic mass is 9.94. The van der Waals surface area contributed by atoms with Crippen molar-refractivity contribution in [2.24, 2.45) is 0 Å². The molecule has 0 radical (unpaired) electrons. The number of hydrogen-bond acceptors (Lipinski definition) is 8. The number of nitrogens with zero attached hydrogens (tertiary/aromatic N) is 7. The molecule has 1 fully saturated rings. The van der Waals surface area contributed by atoms with E-state index < -0.39 is 12.2 Å².